The van der Waals surface area contributed by atoms with Crippen LogP contribution in [0.1, 0.15) is 128 Å². The van der Waals surface area contributed by atoms with Gasteiger partial charge < -0.3 is 24.2 Å². The van der Waals surface area contributed by atoms with Crippen LogP contribution in [0.5, 0.6) is 34.5 Å². The first-order valence-electron chi connectivity index (χ1n) is 19.9. The molecule has 0 saturated carbocycles. The molecule has 4 rings (SSSR count). The van der Waals surface area contributed by atoms with E-state index in [1.165, 1.54) is 76.0 Å². The van der Waals surface area contributed by atoms with Gasteiger partial charge in [-0.2, -0.15) is 8.42 Å². The second-order valence-corrected chi connectivity index (χ2v) is 16.7. The maximum Gasteiger partial charge on any atom is 2.00 e. The molecule has 0 bridgehead atoms. The Morgan fingerprint density at radius 3 is 1.30 bits per heavy atom. The van der Waals surface area contributed by atoms with E-state index in [2.05, 4.69) is 13.8 Å². The molecule has 0 spiro atoms. The zero-order valence-electron chi connectivity index (χ0n) is 33.5. The van der Waals surface area contributed by atoms with Crippen LogP contribution in [0, 0.1) is 0 Å². The van der Waals surface area contributed by atoms with Gasteiger partial charge in [-0.1, -0.05) is 152 Å². The van der Waals surface area contributed by atoms with Crippen LogP contribution in [0.2, 0.25) is 0 Å². The van der Waals surface area contributed by atoms with Crippen molar-refractivity contribution in [1.29, 1.82) is 0 Å². The topological polar surface area (TPSA) is 173 Å². The van der Waals surface area contributed by atoms with Crippen LogP contribution in [0.4, 0.5) is 0 Å². The summed E-state index contributed by atoms with van der Waals surface area (Å²) in [6, 6.07) is 23.4. The number of para-hydroxylation sites is 2. The molecule has 0 aliphatic rings. The Labute approximate surface area is 370 Å². The molecule has 0 radical (unpaired) electrons. The molecule has 0 heterocycles. The summed E-state index contributed by atoms with van der Waals surface area (Å²) in [4.78, 5) is -1.13. The number of phenolic OH excluding ortho intramolecular Hbond substituents is 1. The Balaban J connectivity index is 0.000000387. The maximum atomic E-state index is 12.6. The molecular weight excluding hydrogens is 793 g/mol. The van der Waals surface area contributed by atoms with Crippen molar-refractivity contribution < 1.29 is 45.6 Å². The van der Waals surface area contributed by atoms with Gasteiger partial charge >= 0.3 is 37.7 Å². The number of phenols is 1. The summed E-state index contributed by atoms with van der Waals surface area (Å²) < 4.78 is 79.5. The second kappa shape index (κ2) is 27.0. The van der Waals surface area contributed by atoms with E-state index in [-0.39, 0.29) is 54.8 Å². The Hall–Kier alpha value is -2.84. The second-order valence-electron chi connectivity index (χ2n) is 14.0. The normalized spacial score (nSPS) is 11.3. The van der Waals surface area contributed by atoms with Crippen molar-refractivity contribution in [1.82, 2.24) is 0 Å². The number of aryl methyl sites for hydroxylation is 2. The molecule has 57 heavy (non-hydrogen) atoms. The van der Waals surface area contributed by atoms with Crippen molar-refractivity contribution in [3.8, 4) is 34.5 Å². The van der Waals surface area contributed by atoms with E-state index in [1.54, 1.807) is 60.7 Å². The smallest absolute Gasteiger partial charge is 0.869 e. The molecule has 13 heteroatoms. The van der Waals surface area contributed by atoms with Gasteiger partial charge in [0.25, 0.3) is 10.1 Å². The quantitative estimate of drug-likeness (QED) is 0.0392. The molecule has 4 aromatic rings. The summed E-state index contributed by atoms with van der Waals surface area (Å²) in [5.41, 5.74) is 0.692. The molecule has 0 amide bonds. The Kier molecular flexibility index (Phi) is 23.8. The van der Waals surface area contributed by atoms with E-state index in [4.69, 9.17) is 9.47 Å². The van der Waals surface area contributed by atoms with E-state index in [9.17, 15) is 36.2 Å². The number of hydrogen-bond acceptors (Lipinski definition) is 9. The Bertz CT molecular complexity index is 1810. The molecule has 10 nitrogen and oxygen atoms in total. The molecular formula is C44H58CaO10S2. The number of hydrogen-bond donors (Lipinski definition) is 2. The number of ether oxygens (including phenoxy) is 2. The molecule has 0 aliphatic carbocycles. The van der Waals surface area contributed by atoms with Crippen LogP contribution in [0.3, 0.4) is 0 Å². The fraction of sp³-hybridized carbons (Fsp3) is 0.455. The number of rotatable bonds is 24. The van der Waals surface area contributed by atoms with E-state index in [0.717, 1.165) is 44.9 Å². The molecule has 0 unspecified atom stereocenters. The third-order valence-electron chi connectivity index (χ3n) is 9.38. The minimum atomic E-state index is -4.88. The zero-order valence-corrected chi connectivity index (χ0v) is 37.3. The van der Waals surface area contributed by atoms with Gasteiger partial charge in [0.2, 0.25) is 0 Å². The molecule has 4 aromatic carbocycles. The van der Waals surface area contributed by atoms with E-state index >= 15 is 0 Å². The summed E-state index contributed by atoms with van der Waals surface area (Å²) in [6.45, 7) is 4.38. The number of unbranched alkanes of at least 4 members (excludes halogenated alkanes) is 14. The van der Waals surface area contributed by atoms with Crippen LogP contribution < -0.4 is 14.6 Å². The first-order chi connectivity index (χ1) is 26.9. The Morgan fingerprint density at radius 2 is 0.895 bits per heavy atom. The van der Waals surface area contributed by atoms with Crippen LogP contribution >= 0.6 is 0 Å². The fourth-order valence-corrected chi connectivity index (χ4v) is 8.09. The van der Waals surface area contributed by atoms with Gasteiger partial charge in [-0.15, -0.1) is 0 Å². The average molecular weight is 851 g/mol. The largest absolute Gasteiger partial charge is 2.00 e. The number of benzene rings is 4. The summed E-state index contributed by atoms with van der Waals surface area (Å²) in [5.74, 6) is -0.697. The van der Waals surface area contributed by atoms with Crippen molar-refractivity contribution in [2.45, 2.75) is 139 Å². The summed E-state index contributed by atoms with van der Waals surface area (Å²) in [6.07, 6.45) is 18.8. The van der Waals surface area contributed by atoms with Gasteiger partial charge in [0.1, 0.15) is 32.3 Å². The van der Waals surface area contributed by atoms with Crippen molar-refractivity contribution in [2.24, 2.45) is 0 Å². The van der Waals surface area contributed by atoms with Gasteiger partial charge in [0, 0.05) is 0 Å². The third-order valence-corrected chi connectivity index (χ3v) is 11.3. The molecule has 2 N–H and O–H groups in total. The molecule has 308 valence electrons. The van der Waals surface area contributed by atoms with Crippen LogP contribution in [0.15, 0.2) is 94.7 Å². The summed E-state index contributed by atoms with van der Waals surface area (Å²) in [7, 11) is -9.45. The van der Waals surface area contributed by atoms with E-state index < -0.39 is 41.5 Å². The van der Waals surface area contributed by atoms with Crippen molar-refractivity contribution in [3.05, 3.63) is 96.1 Å². The molecule has 0 saturated heterocycles. The van der Waals surface area contributed by atoms with E-state index in [0.29, 0.717) is 29.9 Å². The molecule has 0 fully saturated rings. The first kappa shape index (κ1) is 50.3. The van der Waals surface area contributed by atoms with Gasteiger partial charge in [0.15, 0.2) is 11.5 Å². The van der Waals surface area contributed by atoms with Crippen molar-refractivity contribution in [2.75, 3.05) is 0 Å². The predicted octanol–water partition coefficient (Wildman–Crippen LogP) is 10.9. The molecule has 0 atom stereocenters. The van der Waals surface area contributed by atoms with Gasteiger partial charge in [-0.3, -0.25) is 4.55 Å². The minimum absolute atomic E-state index is 0. The SMILES string of the molecule is CCCCCCCCCCc1ccc(Oc2ccccc2)c(O)c1S(=O)(=O)O.CCCCCCCCCCc1ccc(Oc2ccccc2)c([O-])c1S(=O)(=O)[O-].[Ca+2]. The molecule has 0 aliphatic heterocycles. The van der Waals surface area contributed by atoms with Crippen LogP contribution in [-0.2, 0) is 33.1 Å². The maximum absolute atomic E-state index is 12.6. The third kappa shape index (κ3) is 18.3. The van der Waals surface area contributed by atoms with Gasteiger partial charge in [-0.05, 0) is 79.0 Å². The fourth-order valence-electron chi connectivity index (χ4n) is 6.43. The minimum Gasteiger partial charge on any atom is -0.869 e. The van der Waals surface area contributed by atoms with Gasteiger partial charge in [0.05, 0.1) is 4.90 Å². The average Bonchev–Trinajstić information content (AvgIpc) is 3.16. The summed E-state index contributed by atoms with van der Waals surface area (Å²) >= 11 is 0. The monoisotopic (exact) mass is 850 g/mol. The standard InChI is InChI=1S/2C22H30O5S.Ca/c2*1-2-3-4-5-6-7-8-10-13-18-16-17-20(21(23)22(18)28(24,25)26)27-19-14-11-9-12-15-19;/h2*9,11-12,14-17,23H,2-8,10,13H2,1H3,(H,24,25,26);/q;;+2/p-2. The first-order valence-corrected chi connectivity index (χ1v) is 22.8. The van der Waals surface area contributed by atoms with E-state index in [1.807, 2.05) is 6.07 Å². The summed E-state index contributed by atoms with van der Waals surface area (Å²) in [5, 5.41) is 23.0. The predicted molar refractivity (Wildman–Crippen MR) is 223 cm³/mol. The molecule has 0 aromatic heterocycles. The van der Waals surface area contributed by atoms with Crippen LogP contribution in [-0.4, -0.2) is 68.8 Å². The van der Waals surface area contributed by atoms with Crippen LogP contribution in [0.25, 0.3) is 0 Å². The van der Waals surface area contributed by atoms with Gasteiger partial charge in [-0.25, -0.2) is 8.42 Å². The van der Waals surface area contributed by atoms with Crippen molar-refractivity contribution in [3.63, 3.8) is 0 Å². The number of aromatic hydroxyl groups is 1. The van der Waals surface area contributed by atoms with Crippen molar-refractivity contribution >= 4 is 58.0 Å². The Morgan fingerprint density at radius 1 is 0.526 bits per heavy atom. The zero-order chi connectivity index (χ0) is 40.8.